The number of ether oxygens (including phenoxy) is 1. The van der Waals surface area contributed by atoms with Crippen molar-refractivity contribution in [1.29, 1.82) is 0 Å². The summed E-state index contributed by atoms with van der Waals surface area (Å²) in [4.78, 5) is 10.8. The first kappa shape index (κ1) is 10.5. The van der Waals surface area contributed by atoms with E-state index >= 15 is 0 Å². The molecule has 1 aliphatic rings. The summed E-state index contributed by atoms with van der Waals surface area (Å²) in [6, 6.07) is 1.94. The van der Waals surface area contributed by atoms with Crippen molar-refractivity contribution in [2.45, 2.75) is 19.4 Å². The smallest absolute Gasteiger partial charge is 0.125 e. The third-order valence-corrected chi connectivity index (χ3v) is 2.78. The van der Waals surface area contributed by atoms with Gasteiger partial charge in [-0.15, -0.1) is 0 Å². The SMILES string of the molecule is Cc1nccc([C@]2(C)CN(C)CCO2)n1. The number of likely N-dealkylation sites (N-methyl/N-ethyl adjacent to an activating group) is 1. The van der Waals surface area contributed by atoms with Gasteiger partial charge in [0.2, 0.25) is 0 Å². The molecule has 0 radical (unpaired) electrons. The normalized spacial score (nSPS) is 27.9. The van der Waals surface area contributed by atoms with Gasteiger partial charge >= 0.3 is 0 Å². The van der Waals surface area contributed by atoms with Crippen LogP contribution in [0, 0.1) is 6.92 Å². The molecule has 0 saturated carbocycles. The Bertz CT molecular complexity index is 355. The molecule has 0 N–H and O–H groups in total. The van der Waals surface area contributed by atoms with Crippen molar-refractivity contribution in [1.82, 2.24) is 14.9 Å². The molecule has 1 aromatic heterocycles. The number of rotatable bonds is 1. The highest BCUT2D eigenvalue weighted by Crippen LogP contribution is 2.26. The van der Waals surface area contributed by atoms with Crippen LogP contribution in [-0.4, -0.2) is 41.6 Å². The molecule has 15 heavy (non-hydrogen) atoms. The van der Waals surface area contributed by atoms with E-state index in [2.05, 4.69) is 28.8 Å². The molecule has 1 atom stereocenters. The zero-order valence-corrected chi connectivity index (χ0v) is 9.53. The van der Waals surface area contributed by atoms with Crippen molar-refractivity contribution in [2.24, 2.45) is 0 Å². The summed E-state index contributed by atoms with van der Waals surface area (Å²) in [5.74, 6) is 0.797. The van der Waals surface area contributed by atoms with E-state index in [0.29, 0.717) is 0 Å². The number of nitrogens with zero attached hydrogens (tertiary/aromatic N) is 3. The predicted octanol–water partition coefficient (Wildman–Crippen LogP) is 0.962. The molecule has 4 nitrogen and oxygen atoms in total. The van der Waals surface area contributed by atoms with Gasteiger partial charge in [0.05, 0.1) is 12.3 Å². The van der Waals surface area contributed by atoms with E-state index in [1.54, 1.807) is 6.20 Å². The topological polar surface area (TPSA) is 38.2 Å². The van der Waals surface area contributed by atoms with Gasteiger partial charge in [0.25, 0.3) is 0 Å². The molecule has 4 heteroatoms. The van der Waals surface area contributed by atoms with Crippen LogP contribution in [0.5, 0.6) is 0 Å². The van der Waals surface area contributed by atoms with Gasteiger partial charge in [-0.2, -0.15) is 0 Å². The van der Waals surface area contributed by atoms with E-state index in [-0.39, 0.29) is 5.60 Å². The van der Waals surface area contributed by atoms with Gasteiger partial charge < -0.3 is 9.64 Å². The fourth-order valence-corrected chi connectivity index (χ4v) is 1.97. The van der Waals surface area contributed by atoms with E-state index in [1.165, 1.54) is 0 Å². The first-order chi connectivity index (χ1) is 7.10. The van der Waals surface area contributed by atoms with Crippen LogP contribution in [-0.2, 0) is 10.3 Å². The second-order valence-electron chi connectivity index (χ2n) is 4.31. The number of aromatic nitrogens is 2. The Balaban J connectivity index is 2.28. The maximum atomic E-state index is 5.84. The van der Waals surface area contributed by atoms with Crippen molar-refractivity contribution < 1.29 is 4.74 Å². The molecule has 0 bridgehead atoms. The Hall–Kier alpha value is -1.00. The third-order valence-electron chi connectivity index (χ3n) is 2.78. The Morgan fingerprint density at radius 2 is 2.33 bits per heavy atom. The lowest BCUT2D eigenvalue weighted by Gasteiger charge is -2.38. The Labute approximate surface area is 90.3 Å². The largest absolute Gasteiger partial charge is 0.366 e. The van der Waals surface area contributed by atoms with E-state index in [0.717, 1.165) is 31.2 Å². The van der Waals surface area contributed by atoms with Crippen LogP contribution in [0.1, 0.15) is 18.4 Å². The zero-order chi connectivity index (χ0) is 10.9. The molecule has 0 unspecified atom stereocenters. The van der Waals surface area contributed by atoms with Gasteiger partial charge in [-0.3, -0.25) is 0 Å². The van der Waals surface area contributed by atoms with E-state index in [4.69, 9.17) is 4.74 Å². The van der Waals surface area contributed by atoms with Crippen LogP contribution < -0.4 is 0 Å². The van der Waals surface area contributed by atoms with Gasteiger partial charge in [-0.25, -0.2) is 9.97 Å². The summed E-state index contributed by atoms with van der Waals surface area (Å²) in [5, 5.41) is 0. The van der Waals surface area contributed by atoms with E-state index in [1.807, 2.05) is 13.0 Å². The quantitative estimate of drug-likeness (QED) is 0.687. The minimum absolute atomic E-state index is 0.291. The van der Waals surface area contributed by atoms with Crippen LogP contribution in [0.15, 0.2) is 12.3 Å². The van der Waals surface area contributed by atoms with Crippen molar-refractivity contribution in [2.75, 3.05) is 26.7 Å². The summed E-state index contributed by atoms with van der Waals surface area (Å²) in [6.07, 6.45) is 1.79. The molecule has 1 saturated heterocycles. The minimum atomic E-state index is -0.291. The second-order valence-corrected chi connectivity index (χ2v) is 4.31. The van der Waals surface area contributed by atoms with Crippen molar-refractivity contribution in [3.8, 4) is 0 Å². The predicted molar refractivity (Wildman–Crippen MR) is 57.6 cm³/mol. The standard InChI is InChI=1S/C11H17N3O/c1-9-12-5-4-10(13-9)11(2)8-14(3)6-7-15-11/h4-5H,6-8H2,1-3H3/t11-/m0/s1. The molecule has 2 rings (SSSR count). The molecule has 0 amide bonds. The molecular weight excluding hydrogens is 190 g/mol. The molecule has 2 heterocycles. The number of hydrogen-bond acceptors (Lipinski definition) is 4. The molecule has 0 spiro atoms. The van der Waals surface area contributed by atoms with Crippen molar-refractivity contribution >= 4 is 0 Å². The minimum Gasteiger partial charge on any atom is -0.366 e. The number of hydrogen-bond donors (Lipinski definition) is 0. The third kappa shape index (κ3) is 2.16. The highest BCUT2D eigenvalue weighted by atomic mass is 16.5. The fraction of sp³-hybridized carbons (Fsp3) is 0.636. The van der Waals surface area contributed by atoms with Crippen molar-refractivity contribution in [3.05, 3.63) is 23.8 Å². The summed E-state index contributed by atoms with van der Waals surface area (Å²) in [7, 11) is 2.11. The van der Waals surface area contributed by atoms with Crippen LogP contribution in [0.2, 0.25) is 0 Å². The maximum Gasteiger partial charge on any atom is 0.125 e. The molecule has 0 aromatic carbocycles. The summed E-state index contributed by atoms with van der Waals surface area (Å²) < 4.78 is 5.84. The van der Waals surface area contributed by atoms with Gasteiger partial charge in [0, 0.05) is 19.3 Å². The van der Waals surface area contributed by atoms with Gasteiger partial charge in [-0.1, -0.05) is 0 Å². The molecular formula is C11H17N3O. The van der Waals surface area contributed by atoms with E-state index < -0.39 is 0 Å². The first-order valence-corrected chi connectivity index (χ1v) is 5.23. The summed E-state index contributed by atoms with van der Waals surface area (Å²) in [6.45, 7) is 6.61. The lowest BCUT2D eigenvalue weighted by Crippen LogP contribution is -2.46. The lowest BCUT2D eigenvalue weighted by molar-refractivity contribution is -0.0989. The second kappa shape index (κ2) is 3.87. The van der Waals surface area contributed by atoms with Gasteiger partial charge in [-0.05, 0) is 27.0 Å². The Kier molecular flexibility index (Phi) is 2.71. The summed E-state index contributed by atoms with van der Waals surface area (Å²) in [5.41, 5.74) is 0.683. The number of morpholine rings is 1. The summed E-state index contributed by atoms with van der Waals surface area (Å²) >= 11 is 0. The van der Waals surface area contributed by atoms with E-state index in [9.17, 15) is 0 Å². The Morgan fingerprint density at radius 1 is 1.53 bits per heavy atom. The van der Waals surface area contributed by atoms with Crippen LogP contribution in [0.3, 0.4) is 0 Å². The van der Waals surface area contributed by atoms with Crippen LogP contribution >= 0.6 is 0 Å². The maximum absolute atomic E-state index is 5.84. The average molecular weight is 207 g/mol. The van der Waals surface area contributed by atoms with Crippen LogP contribution in [0.4, 0.5) is 0 Å². The van der Waals surface area contributed by atoms with Crippen LogP contribution in [0.25, 0.3) is 0 Å². The molecule has 0 aliphatic carbocycles. The Morgan fingerprint density at radius 3 is 3.00 bits per heavy atom. The fourth-order valence-electron chi connectivity index (χ4n) is 1.97. The molecule has 1 fully saturated rings. The van der Waals surface area contributed by atoms with Gasteiger partial charge in [0.15, 0.2) is 0 Å². The molecule has 1 aromatic rings. The zero-order valence-electron chi connectivity index (χ0n) is 9.53. The average Bonchev–Trinajstić information content (AvgIpc) is 2.17. The highest BCUT2D eigenvalue weighted by Gasteiger charge is 2.33. The highest BCUT2D eigenvalue weighted by molar-refractivity contribution is 5.12. The molecule has 82 valence electrons. The van der Waals surface area contributed by atoms with Crippen molar-refractivity contribution in [3.63, 3.8) is 0 Å². The monoisotopic (exact) mass is 207 g/mol. The number of aryl methyl sites for hydroxylation is 1. The molecule has 1 aliphatic heterocycles. The van der Waals surface area contributed by atoms with Gasteiger partial charge in [0.1, 0.15) is 11.4 Å². The first-order valence-electron chi connectivity index (χ1n) is 5.23. The lowest BCUT2D eigenvalue weighted by atomic mass is 9.99.